The summed E-state index contributed by atoms with van der Waals surface area (Å²) >= 11 is 0. The number of rotatable bonds is 3. The third-order valence-corrected chi connectivity index (χ3v) is 2.34. The number of carbonyl (C=O) groups excluding carboxylic acids is 1. The maximum absolute atomic E-state index is 11.0. The van der Waals surface area contributed by atoms with Crippen LogP contribution in [0.4, 0.5) is 0 Å². The van der Waals surface area contributed by atoms with Crippen LogP contribution >= 0.6 is 0 Å². The molecule has 0 spiro atoms. The summed E-state index contributed by atoms with van der Waals surface area (Å²) in [5.41, 5.74) is -0.244. The maximum Gasteiger partial charge on any atom is 0.308 e. The van der Waals surface area contributed by atoms with Gasteiger partial charge in [-0.05, 0) is 32.6 Å². The average molecular weight is 172 g/mol. The van der Waals surface area contributed by atoms with Gasteiger partial charge in [0, 0.05) is 0 Å². The SMILES string of the molecule is CC1(OC(=O)CCO)CCCC1. The van der Waals surface area contributed by atoms with Crippen molar-refractivity contribution in [3.05, 3.63) is 0 Å². The van der Waals surface area contributed by atoms with E-state index >= 15 is 0 Å². The fraction of sp³-hybridized carbons (Fsp3) is 0.889. The molecule has 0 aliphatic heterocycles. The lowest BCUT2D eigenvalue weighted by molar-refractivity contribution is -0.158. The zero-order chi connectivity index (χ0) is 9.03. The predicted octanol–water partition coefficient (Wildman–Crippen LogP) is 1.24. The molecule has 0 aromatic heterocycles. The molecule has 0 bridgehead atoms. The number of aliphatic hydroxyl groups is 1. The summed E-state index contributed by atoms with van der Waals surface area (Å²) in [5, 5.41) is 8.49. The van der Waals surface area contributed by atoms with Gasteiger partial charge in [0.1, 0.15) is 5.60 Å². The van der Waals surface area contributed by atoms with Gasteiger partial charge in [-0.2, -0.15) is 0 Å². The molecule has 1 aliphatic rings. The van der Waals surface area contributed by atoms with E-state index in [1.54, 1.807) is 0 Å². The molecule has 1 N–H and O–H groups in total. The summed E-state index contributed by atoms with van der Waals surface area (Å²) < 4.78 is 5.24. The van der Waals surface area contributed by atoms with E-state index in [9.17, 15) is 4.79 Å². The van der Waals surface area contributed by atoms with E-state index in [1.165, 1.54) is 0 Å². The van der Waals surface area contributed by atoms with Crippen LogP contribution in [-0.2, 0) is 9.53 Å². The summed E-state index contributed by atoms with van der Waals surface area (Å²) in [6.45, 7) is 1.85. The van der Waals surface area contributed by atoms with Gasteiger partial charge in [0.2, 0.25) is 0 Å². The third-order valence-electron chi connectivity index (χ3n) is 2.34. The van der Waals surface area contributed by atoms with Gasteiger partial charge in [0.15, 0.2) is 0 Å². The summed E-state index contributed by atoms with van der Waals surface area (Å²) in [7, 11) is 0. The molecule has 1 rings (SSSR count). The Morgan fingerprint density at radius 3 is 2.58 bits per heavy atom. The van der Waals surface area contributed by atoms with Gasteiger partial charge in [0.25, 0.3) is 0 Å². The van der Waals surface area contributed by atoms with E-state index in [0.717, 1.165) is 25.7 Å². The van der Waals surface area contributed by atoms with Crippen LogP contribution in [0.1, 0.15) is 39.0 Å². The molecule has 0 saturated heterocycles. The standard InChI is InChI=1S/C9H16O3/c1-9(5-2-3-6-9)12-8(11)4-7-10/h10H,2-7H2,1H3. The largest absolute Gasteiger partial charge is 0.459 e. The van der Waals surface area contributed by atoms with Gasteiger partial charge in [0.05, 0.1) is 13.0 Å². The Bertz CT molecular complexity index is 159. The molecule has 1 saturated carbocycles. The highest BCUT2D eigenvalue weighted by molar-refractivity contribution is 5.70. The van der Waals surface area contributed by atoms with Crippen molar-refractivity contribution in [1.29, 1.82) is 0 Å². The molecule has 3 nitrogen and oxygen atoms in total. The van der Waals surface area contributed by atoms with Crippen molar-refractivity contribution in [3.8, 4) is 0 Å². The summed E-state index contributed by atoms with van der Waals surface area (Å²) in [5.74, 6) is -0.276. The zero-order valence-electron chi connectivity index (χ0n) is 7.51. The van der Waals surface area contributed by atoms with Gasteiger partial charge >= 0.3 is 5.97 Å². The van der Waals surface area contributed by atoms with E-state index < -0.39 is 0 Å². The molecule has 70 valence electrons. The second-order valence-corrected chi connectivity index (χ2v) is 3.60. The van der Waals surface area contributed by atoms with Crippen molar-refractivity contribution in [2.24, 2.45) is 0 Å². The van der Waals surface area contributed by atoms with Crippen molar-refractivity contribution in [1.82, 2.24) is 0 Å². The lowest BCUT2D eigenvalue weighted by Gasteiger charge is -2.23. The Balaban J connectivity index is 2.33. The molecular formula is C9H16O3. The third kappa shape index (κ3) is 2.48. The van der Waals surface area contributed by atoms with Crippen molar-refractivity contribution in [3.63, 3.8) is 0 Å². The molecule has 3 heteroatoms. The van der Waals surface area contributed by atoms with Gasteiger partial charge < -0.3 is 9.84 Å². The number of carbonyl (C=O) groups is 1. The topological polar surface area (TPSA) is 46.5 Å². The van der Waals surface area contributed by atoms with Crippen molar-refractivity contribution >= 4 is 5.97 Å². The molecule has 0 heterocycles. The second kappa shape index (κ2) is 3.90. The Hall–Kier alpha value is -0.570. The van der Waals surface area contributed by atoms with Crippen LogP contribution in [0.5, 0.6) is 0 Å². The fourth-order valence-electron chi connectivity index (χ4n) is 1.64. The minimum atomic E-state index is -0.276. The molecule has 1 aliphatic carbocycles. The van der Waals surface area contributed by atoms with Crippen LogP contribution < -0.4 is 0 Å². The van der Waals surface area contributed by atoms with E-state index in [-0.39, 0.29) is 24.6 Å². The first-order chi connectivity index (χ1) is 5.66. The number of hydrogen-bond acceptors (Lipinski definition) is 3. The van der Waals surface area contributed by atoms with Crippen LogP contribution in [0.2, 0.25) is 0 Å². The molecular weight excluding hydrogens is 156 g/mol. The Morgan fingerprint density at radius 2 is 2.08 bits per heavy atom. The van der Waals surface area contributed by atoms with Gasteiger partial charge in [-0.15, -0.1) is 0 Å². The highest BCUT2D eigenvalue weighted by atomic mass is 16.6. The van der Waals surface area contributed by atoms with Gasteiger partial charge in [-0.25, -0.2) is 0 Å². The van der Waals surface area contributed by atoms with Crippen LogP contribution in [0.3, 0.4) is 0 Å². The Morgan fingerprint density at radius 1 is 1.50 bits per heavy atom. The van der Waals surface area contributed by atoms with Crippen molar-refractivity contribution in [2.45, 2.75) is 44.6 Å². The fourth-order valence-corrected chi connectivity index (χ4v) is 1.64. The molecule has 1 fully saturated rings. The minimum Gasteiger partial charge on any atom is -0.459 e. The summed E-state index contributed by atoms with van der Waals surface area (Å²) in [4.78, 5) is 11.0. The van der Waals surface area contributed by atoms with Crippen LogP contribution in [0.15, 0.2) is 0 Å². The maximum atomic E-state index is 11.0. The lowest BCUT2D eigenvalue weighted by atomic mass is 10.1. The van der Waals surface area contributed by atoms with E-state index in [4.69, 9.17) is 9.84 Å². The van der Waals surface area contributed by atoms with E-state index in [0.29, 0.717) is 0 Å². The molecule has 12 heavy (non-hydrogen) atoms. The van der Waals surface area contributed by atoms with Crippen LogP contribution in [0, 0.1) is 0 Å². The van der Waals surface area contributed by atoms with Gasteiger partial charge in [-0.1, -0.05) is 0 Å². The minimum absolute atomic E-state index is 0.116. The first-order valence-electron chi connectivity index (χ1n) is 4.49. The molecule has 0 atom stereocenters. The first-order valence-corrected chi connectivity index (χ1v) is 4.49. The Kier molecular flexibility index (Phi) is 3.09. The second-order valence-electron chi connectivity index (χ2n) is 3.60. The number of ether oxygens (including phenoxy) is 1. The van der Waals surface area contributed by atoms with E-state index in [2.05, 4.69) is 0 Å². The van der Waals surface area contributed by atoms with Crippen LogP contribution in [0.25, 0.3) is 0 Å². The molecule has 0 radical (unpaired) electrons. The zero-order valence-corrected chi connectivity index (χ0v) is 7.51. The smallest absolute Gasteiger partial charge is 0.308 e. The summed E-state index contributed by atoms with van der Waals surface area (Å²) in [6, 6.07) is 0. The number of aliphatic hydroxyl groups excluding tert-OH is 1. The lowest BCUT2D eigenvalue weighted by Crippen LogP contribution is -2.28. The average Bonchev–Trinajstić information content (AvgIpc) is 2.36. The van der Waals surface area contributed by atoms with E-state index in [1.807, 2.05) is 6.92 Å². The molecule has 0 aromatic carbocycles. The quantitative estimate of drug-likeness (QED) is 0.651. The van der Waals surface area contributed by atoms with Gasteiger partial charge in [-0.3, -0.25) is 4.79 Å². The van der Waals surface area contributed by atoms with Crippen molar-refractivity contribution < 1.29 is 14.6 Å². The highest BCUT2D eigenvalue weighted by Crippen LogP contribution is 2.32. The molecule has 0 amide bonds. The normalized spacial score (nSPS) is 20.8. The van der Waals surface area contributed by atoms with Crippen molar-refractivity contribution in [2.75, 3.05) is 6.61 Å². The first kappa shape index (κ1) is 9.52. The Labute approximate surface area is 72.7 Å². The number of hydrogen-bond donors (Lipinski definition) is 1. The molecule has 0 unspecified atom stereocenters. The van der Waals surface area contributed by atoms with Crippen LogP contribution in [-0.4, -0.2) is 23.3 Å². The monoisotopic (exact) mass is 172 g/mol. The predicted molar refractivity (Wildman–Crippen MR) is 44.7 cm³/mol. The summed E-state index contributed by atoms with van der Waals surface area (Å²) in [6.07, 6.45) is 4.33. The number of esters is 1. The highest BCUT2D eigenvalue weighted by Gasteiger charge is 2.32. The molecule has 0 aromatic rings.